The molecular formula is C13H19NO2. The molecule has 1 aliphatic rings. The van der Waals surface area contributed by atoms with Crippen molar-refractivity contribution >= 4 is 0 Å². The third-order valence-electron chi connectivity index (χ3n) is 3.39. The van der Waals surface area contributed by atoms with Crippen molar-refractivity contribution in [3.8, 4) is 5.75 Å². The van der Waals surface area contributed by atoms with Gasteiger partial charge in [0.2, 0.25) is 0 Å². The summed E-state index contributed by atoms with van der Waals surface area (Å²) in [5, 5.41) is 22.3. The van der Waals surface area contributed by atoms with Gasteiger partial charge in [-0.25, -0.2) is 0 Å². The molecule has 0 saturated carbocycles. The first-order chi connectivity index (χ1) is 7.74. The van der Waals surface area contributed by atoms with Gasteiger partial charge in [0.05, 0.1) is 6.61 Å². The van der Waals surface area contributed by atoms with E-state index in [0.29, 0.717) is 5.75 Å². The molecule has 1 heterocycles. The number of rotatable bonds is 3. The number of piperidine rings is 1. The Labute approximate surface area is 96.1 Å². The summed E-state index contributed by atoms with van der Waals surface area (Å²) in [5.41, 5.74) is 1.05. The summed E-state index contributed by atoms with van der Waals surface area (Å²) >= 11 is 0. The highest BCUT2D eigenvalue weighted by molar-refractivity contribution is 5.28. The first-order valence-corrected chi connectivity index (χ1v) is 5.84. The third-order valence-corrected chi connectivity index (χ3v) is 3.39. The molecule has 2 rings (SSSR count). The Morgan fingerprint density at radius 3 is 2.88 bits per heavy atom. The summed E-state index contributed by atoms with van der Waals surface area (Å²) in [6, 6.07) is 7.32. The lowest BCUT2D eigenvalue weighted by Gasteiger charge is -2.36. The number of hydrogen-bond acceptors (Lipinski definition) is 3. The van der Waals surface area contributed by atoms with Crippen LogP contribution in [0.1, 0.15) is 18.4 Å². The fraction of sp³-hybridized carbons (Fsp3) is 0.538. The predicted molar refractivity (Wildman–Crippen MR) is 63.4 cm³/mol. The summed E-state index contributed by atoms with van der Waals surface area (Å²) in [6.45, 7) is 2.11. The van der Waals surface area contributed by atoms with Crippen molar-refractivity contribution in [2.75, 3.05) is 19.7 Å². The molecule has 1 fully saturated rings. The lowest BCUT2D eigenvalue weighted by Crippen LogP contribution is -2.44. The number of phenolic OH excluding ortho intramolecular Hbond substituents is 1. The molecule has 3 nitrogen and oxygen atoms in total. The summed E-state index contributed by atoms with van der Waals surface area (Å²) in [4.78, 5) is 0. The van der Waals surface area contributed by atoms with E-state index < -0.39 is 0 Å². The fourth-order valence-corrected chi connectivity index (χ4v) is 2.47. The number of aliphatic hydroxyl groups is 1. The molecule has 0 radical (unpaired) electrons. The molecule has 1 aromatic carbocycles. The van der Waals surface area contributed by atoms with Gasteiger partial charge in [0, 0.05) is 12.0 Å². The summed E-state index contributed by atoms with van der Waals surface area (Å²) in [5.74, 6) is 0.300. The van der Waals surface area contributed by atoms with E-state index >= 15 is 0 Å². The molecular weight excluding hydrogens is 202 g/mol. The van der Waals surface area contributed by atoms with Crippen molar-refractivity contribution in [1.29, 1.82) is 0 Å². The molecule has 1 aromatic rings. The quantitative estimate of drug-likeness (QED) is 0.721. The Morgan fingerprint density at radius 2 is 2.25 bits per heavy atom. The first kappa shape index (κ1) is 11.4. The number of aliphatic hydroxyl groups excluding tert-OH is 1. The maximum absolute atomic E-state index is 9.57. The topological polar surface area (TPSA) is 52.5 Å². The summed E-state index contributed by atoms with van der Waals surface area (Å²) in [6.07, 6.45) is 2.98. The van der Waals surface area contributed by atoms with Crippen molar-refractivity contribution in [1.82, 2.24) is 5.32 Å². The van der Waals surface area contributed by atoms with E-state index in [1.165, 1.54) is 0 Å². The van der Waals surface area contributed by atoms with Crippen molar-refractivity contribution < 1.29 is 10.2 Å². The van der Waals surface area contributed by atoms with Gasteiger partial charge in [0.25, 0.3) is 0 Å². The van der Waals surface area contributed by atoms with Gasteiger partial charge >= 0.3 is 0 Å². The largest absolute Gasteiger partial charge is 0.508 e. The smallest absolute Gasteiger partial charge is 0.115 e. The van der Waals surface area contributed by atoms with Crippen LogP contribution in [0.5, 0.6) is 5.75 Å². The monoisotopic (exact) mass is 221 g/mol. The number of nitrogens with one attached hydrogen (secondary N) is 1. The number of phenols is 1. The van der Waals surface area contributed by atoms with Crippen LogP contribution in [-0.4, -0.2) is 29.9 Å². The zero-order chi connectivity index (χ0) is 11.4. The Bertz CT molecular complexity index is 346. The minimum Gasteiger partial charge on any atom is -0.508 e. The van der Waals surface area contributed by atoms with Crippen LogP contribution < -0.4 is 5.32 Å². The summed E-state index contributed by atoms with van der Waals surface area (Å²) < 4.78 is 0. The zero-order valence-corrected chi connectivity index (χ0v) is 9.45. The van der Waals surface area contributed by atoms with E-state index in [1.807, 2.05) is 12.1 Å². The van der Waals surface area contributed by atoms with Crippen LogP contribution in [0, 0.1) is 5.41 Å². The van der Waals surface area contributed by atoms with Gasteiger partial charge in [-0.3, -0.25) is 0 Å². The van der Waals surface area contributed by atoms with Crippen LogP contribution in [0.15, 0.2) is 24.3 Å². The normalized spacial score (nSPS) is 25.6. The van der Waals surface area contributed by atoms with E-state index in [1.54, 1.807) is 12.1 Å². The van der Waals surface area contributed by atoms with Crippen LogP contribution in [0.25, 0.3) is 0 Å². The average molecular weight is 221 g/mol. The average Bonchev–Trinajstić information content (AvgIpc) is 2.30. The molecule has 16 heavy (non-hydrogen) atoms. The zero-order valence-electron chi connectivity index (χ0n) is 9.45. The van der Waals surface area contributed by atoms with E-state index in [4.69, 9.17) is 0 Å². The molecule has 0 aliphatic carbocycles. The molecule has 0 aromatic heterocycles. The standard InChI is InChI=1S/C13H19NO2/c15-10-13(5-2-6-14-9-13)8-11-3-1-4-12(16)7-11/h1,3-4,7,14-16H,2,5-6,8-10H2. The van der Waals surface area contributed by atoms with Crippen molar-refractivity contribution in [2.24, 2.45) is 5.41 Å². The summed E-state index contributed by atoms with van der Waals surface area (Å²) in [7, 11) is 0. The second-order valence-electron chi connectivity index (χ2n) is 4.79. The van der Waals surface area contributed by atoms with Crippen LogP contribution >= 0.6 is 0 Å². The second kappa shape index (κ2) is 4.85. The van der Waals surface area contributed by atoms with Gasteiger partial charge in [-0.05, 0) is 43.5 Å². The van der Waals surface area contributed by atoms with Gasteiger partial charge in [-0.1, -0.05) is 12.1 Å². The minimum absolute atomic E-state index is 0.0496. The maximum atomic E-state index is 9.57. The fourth-order valence-electron chi connectivity index (χ4n) is 2.47. The minimum atomic E-state index is -0.0496. The second-order valence-corrected chi connectivity index (χ2v) is 4.79. The number of benzene rings is 1. The Morgan fingerprint density at radius 1 is 1.38 bits per heavy atom. The number of aromatic hydroxyl groups is 1. The molecule has 1 saturated heterocycles. The van der Waals surface area contributed by atoms with E-state index in [2.05, 4.69) is 5.32 Å². The molecule has 1 unspecified atom stereocenters. The van der Waals surface area contributed by atoms with Crippen LogP contribution in [0.4, 0.5) is 0 Å². The Kier molecular flexibility index (Phi) is 3.46. The van der Waals surface area contributed by atoms with Crippen LogP contribution in [-0.2, 0) is 6.42 Å². The molecule has 0 amide bonds. The molecule has 3 heteroatoms. The highest BCUT2D eigenvalue weighted by atomic mass is 16.3. The Hall–Kier alpha value is -1.06. The van der Waals surface area contributed by atoms with E-state index in [9.17, 15) is 10.2 Å². The molecule has 0 bridgehead atoms. The van der Waals surface area contributed by atoms with Crippen LogP contribution in [0.3, 0.4) is 0 Å². The van der Waals surface area contributed by atoms with Crippen molar-refractivity contribution in [2.45, 2.75) is 19.3 Å². The van der Waals surface area contributed by atoms with E-state index in [0.717, 1.165) is 37.9 Å². The van der Waals surface area contributed by atoms with Crippen molar-refractivity contribution in [3.05, 3.63) is 29.8 Å². The number of hydrogen-bond donors (Lipinski definition) is 3. The van der Waals surface area contributed by atoms with Gasteiger partial charge in [0.1, 0.15) is 5.75 Å². The van der Waals surface area contributed by atoms with Gasteiger partial charge in [0.15, 0.2) is 0 Å². The predicted octanol–water partition coefficient (Wildman–Crippen LogP) is 1.30. The maximum Gasteiger partial charge on any atom is 0.115 e. The lowest BCUT2D eigenvalue weighted by atomic mass is 9.76. The first-order valence-electron chi connectivity index (χ1n) is 5.84. The highest BCUT2D eigenvalue weighted by Gasteiger charge is 2.31. The SMILES string of the molecule is OCC1(Cc2cccc(O)c2)CCCNC1. The van der Waals surface area contributed by atoms with Crippen molar-refractivity contribution in [3.63, 3.8) is 0 Å². The Balaban J connectivity index is 2.11. The van der Waals surface area contributed by atoms with Gasteiger partial charge in [-0.2, -0.15) is 0 Å². The van der Waals surface area contributed by atoms with Gasteiger partial charge in [-0.15, -0.1) is 0 Å². The molecule has 1 aliphatic heterocycles. The van der Waals surface area contributed by atoms with Crippen LogP contribution in [0.2, 0.25) is 0 Å². The lowest BCUT2D eigenvalue weighted by molar-refractivity contribution is 0.0947. The third kappa shape index (κ3) is 2.54. The molecule has 1 atom stereocenters. The van der Waals surface area contributed by atoms with E-state index in [-0.39, 0.29) is 12.0 Å². The highest BCUT2D eigenvalue weighted by Crippen LogP contribution is 2.30. The molecule has 3 N–H and O–H groups in total. The van der Waals surface area contributed by atoms with Gasteiger partial charge < -0.3 is 15.5 Å². The molecule has 88 valence electrons. The molecule has 0 spiro atoms.